The van der Waals surface area contributed by atoms with E-state index in [0.717, 1.165) is 32.1 Å². The molecule has 0 saturated carbocycles. The van der Waals surface area contributed by atoms with Crippen LogP contribution in [-0.4, -0.2) is 56.0 Å². The van der Waals surface area contributed by atoms with Gasteiger partial charge in [0.2, 0.25) is 0 Å². The normalized spacial score (nSPS) is 16.3. The maximum Gasteiger partial charge on any atom is 0.191 e. The van der Waals surface area contributed by atoms with Crippen molar-refractivity contribution in [3.8, 4) is 0 Å². The van der Waals surface area contributed by atoms with Crippen molar-refractivity contribution in [2.45, 2.75) is 38.9 Å². The van der Waals surface area contributed by atoms with Crippen molar-refractivity contribution in [3.63, 3.8) is 0 Å². The second-order valence-electron chi connectivity index (χ2n) is 7.73. The molecule has 5 nitrogen and oxygen atoms in total. The fourth-order valence-corrected chi connectivity index (χ4v) is 4.67. The summed E-state index contributed by atoms with van der Waals surface area (Å²) in [5.41, 5.74) is 2.63. The largest absolute Gasteiger partial charge is 0.354 e. The van der Waals surface area contributed by atoms with Gasteiger partial charge in [-0.2, -0.15) is 0 Å². The molecule has 1 aromatic heterocycles. The molecule has 0 radical (unpaired) electrons. The van der Waals surface area contributed by atoms with E-state index in [9.17, 15) is 0 Å². The van der Waals surface area contributed by atoms with Crippen LogP contribution < -0.4 is 10.6 Å². The molecule has 1 aromatic carbocycles. The minimum Gasteiger partial charge on any atom is -0.354 e. The Morgan fingerprint density at radius 2 is 1.97 bits per heavy atom. The molecule has 1 aliphatic heterocycles. The third-order valence-electron chi connectivity index (χ3n) is 5.58. The summed E-state index contributed by atoms with van der Waals surface area (Å²) in [6.45, 7) is 8.26. The first-order chi connectivity index (χ1) is 14.2. The zero-order chi connectivity index (χ0) is 20.5. The number of guanidine groups is 1. The number of benzene rings is 1. The summed E-state index contributed by atoms with van der Waals surface area (Å²) in [6, 6.07) is 13.6. The van der Waals surface area contributed by atoms with Crippen LogP contribution in [0.2, 0.25) is 0 Å². The molecule has 1 atom stereocenters. The molecular formula is C23H35N5S. The fourth-order valence-electron chi connectivity index (χ4n) is 3.80. The first-order valence-electron chi connectivity index (χ1n) is 10.7. The number of nitrogens with one attached hydrogen (secondary N) is 2. The van der Waals surface area contributed by atoms with Gasteiger partial charge in [0.05, 0.1) is 6.04 Å². The van der Waals surface area contributed by atoms with E-state index in [-0.39, 0.29) is 0 Å². The number of likely N-dealkylation sites (tertiary alicyclic amines) is 1. The Morgan fingerprint density at radius 3 is 2.66 bits per heavy atom. The lowest BCUT2D eigenvalue weighted by Gasteiger charge is -2.27. The Hall–Kier alpha value is -1.89. The molecule has 29 heavy (non-hydrogen) atoms. The second kappa shape index (κ2) is 11.3. The Labute approximate surface area is 179 Å². The highest BCUT2D eigenvalue weighted by Crippen LogP contribution is 2.27. The van der Waals surface area contributed by atoms with E-state index in [0.29, 0.717) is 6.04 Å². The lowest BCUT2D eigenvalue weighted by Crippen LogP contribution is -2.42. The molecule has 6 heteroatoms. The molecular weight excluding hydrogens is 378 g/mol. The van der Waals surface area contributed by atoms with Crippen LogP contribution in [0.25, 0.3) is 0 Å². The maximum atomic E-state index is 4.44. The number of aliphatic imine (C=N–C) groups is 1. The monoisotopic (exact) mass is 413 g/mol. The van der Waals surface area contributed by atoms with Crippen LogP contribution in [0.1, 0.15) is 41.8 Å². The standard InChI is InChI=1S/C23H35N5S/c1-4-27(3)18-20-10-7-9-19(15-20)16-25-23(24-2)26-17-21(22-11-8-14-29-22)28-12-5-6-13-28/h7-11,14-15,21H,4-6,12-13,16-18H2,1-3H3,(H2,24,25,26). The smallest absolute Gasteiger partial charge is 0.191 e. The Bertz CT molecular complexity index is 752. The van der Waals surface area contributed by atoms with E-state index in [2.05, 4.69) is 81.2 Å². The van der Waals surface area contributed by atoms with Crippen molar-refractivity contribution in [3.05, 3.63) is 57.8 Å². The van der Waals surface area contributed by atoms with E-state index < -0.39 is 0 Å². The first kappa shape index (κ1) is 21.8. The Kier molecular flexibility index (Phi) is 8.52. The Balaban J connectivity index is 1.54. The van der Waals surface area contributed by atoms with Crippen LogP contribution in [0.4, 0.5) is 0 Å². The number of hydrogen-bond donors (Lipinski definition) is 2. The summed E-state index contributed by atoms with van der Waals surface area (Å²) in [5, 5.41) is 9.21. The number of rotatable bonds is 9. The SMILES string of the molecule is CCN(C)Cc1cccc(CNC(=NC)NCC(c2cccs2)N2CCCC2)c1. The quantitative estimate of drug-likeness (QED) is 0.486. The first-order valence-corrected chi connectivity index (χ1v) is 11.6. The second-order valence-corrected chi connectivity index (χ2v) is 8.71. The van der Waals surface area contributed by atoms with Gasteiger partial charge in [0.25, 0.3) is 0 Å². The topological polar surface area (TPSA) is 42.9 Å². The van der Waals surface area contributed by atoms with Crippen molar-refractivity contribution in [2.75, 3.05) is 40.3 Å². The lowest BCUT2D eigenvalue weighted by molar-refractivity contribution is 0.249. The fraction of sp³-hybridized carbons (Fsp3) is 0.522. The van der Waals surface area contributed by atoms with Crippen LogP contribution in [0.5, 0.6) is 0 Å². The molecule has 0 spiro atoms. The minimum absolute atomic E-state index is 0.420. The molecule has 2 heterocycles. The molecule has 1 saturated heterocycles. The summed E-state index contributed by atoms with van der Waals surface area (Å²) in [7, 11) is 4.00. The van der Waals surface area contributed by atoms with Gasteiger partial charge in [-0.1, -0.05) is 37.3 Å². The third kappa shape index (κ3) is 6.56. The van der Waals surface area contributed by atoms with E-state index in [1.54, 1.807) is 0 Å². The van der Waals surface area contributed by atoms with E-state index >= 15 is 0 Å². The molecule has 158 valence electrons. The molecule has 0 amide bonds. The molecule has 2 N–H and O–H groups in total. The molecule has 0 aliphatic carbocycles. The van der Waals surface area contributed by atoms with Crippen LogP contribution in [0, 0.1) is 0 Å². The third-order valence-corrected chi connectivity index (χ3v) is 6.56. The van der Waals surface area contributed by atoms with Gasteiger partial charge in [-0.15, -0.1) is 11.3 Å². The van der Waals surface area contributed by atoms with E-state index in [1.165, 1.54) is 41.9 Å². The number of hydrogen-bond acceptors (Lipinski definition) is 4. The van der Waals surface area contributed by atoms with Gasteiger partial charge >= 0.3 is 0 Å². The van der Waals surface area contributed by atoms with Crippen molar-refractivity contribution in [1.29, 1.82) is 0 Å². The summed E-state index contributed by atoms with van der Waals surface area (Å²) in [4.78, 5) is 10.8. The zero-order valence-electron chi connectivity index (χ0n) is 18.0. The zero-order valence-corrected chi connectivity index (χ0v) is 18.8. The molecule has 1 unspecified atom stereocenters. The molecule has 0 bridgehead atoms. The van der Waals surface area contributed by atoms with Crippen molar-refractivity contribution < 1.29 is 0 Å². The summed E-state index contributed by atoms with van der Waals surface area (Å²) < 4.78 is 0. The van der Waals surface area contributed by atoms with Crippen LogP contribution >= 0.6 is 11.3 Å². The molecule has 3 rings (SSSR count). The highest BCUT2D eigenvalue weighted by Gasteiger charge is 2.24. The van der Waals surface area contributed by atoms with Crippen molar-refractivity contribution >= 4 is 17.3 Å². The summed E-state index contributed by atoms with van der Waals surface area (Å²) >= 11 is 1.85. The Morgan fingerprint density at radius 1 is 1.17 bits per heavy atom. The van der Waals surface area contributed by atoms with Crippen LogP contribution in [0.15, 0.2) is 46.8 Å². The summed E-state index contributed by atoms with van der Waals surface area (Å²) in [6.07, 6.45) is 2.61. The predicted octanol–water partition coefficient (Wildman–Crippen LogP) is 3.70. The van der Waals surface area contributed by atoms with Crippen molar-refractivity contribution in [1.82, 2.24) is 20.4 Å². The van der Waals surface area contributed by atoms with E-state index in [4.69, 9.17) is 0 Å². The highest BCUT2D eigenvalue weighted by molar-refractivity contribution is 7.10. The molecule has 2 aromatic rings. The van der Waals surface area contributed by atoms with E-state index in [1.807, 2.05) is 18.4 Å². The average molecular weight is 414 g/mol. The van der Waals surface area contributed by atoms with Gasteiger partial charge in [-0.3, -0.25) is 9.89 Å². The summed E-state index contributed by atoms with van der Waals surface area (Å²) in [5.74, 6) is 0.863. The van der Waals surface area contributed by atoms with Gasteiger partial charge in [0, 0.05) is 31.6 Å². The maximum absolute atomic E-state index is 4.44. The van der Waals surface area contributed by atoms with Crippen LogP contribution in [-0.2, 0) is 13.1 Å². The lowest BCUT2D eigenvalue weighted by atomic mass is 10.1. The van der Waals surface area contributed by atoms with Gasteiger partial charge in [-0.05, 0) is 62.1 Å². The highest BCUT2D eigenvalue weighted by atomic mass is 32.1. The number of thiophene rings is 1. The number of nitrogens with zero attached hydrogens (tertiary/aromatic N) is 3. The predicted molar refractivity (Wildman–Crippen MR) is 125 cm³/mol. The van der Waals surface area contributed by atoms with Crippen molar-refractivity contribution in [2.24, 2.45) is 4.99 Å². The minimum atomic E-state index is 0.420. The molecule has 1 fully saturated rings. The van der Waals surface area contributed by atoms with Gasteiger partial charge in [0.15, 0.2) is 5.96 Å². The van der Waals surface area contributed by atoms with Gasteiger partial charge < -0.3 is 15.5 Å². The average Bonchev–Trinajstić information content (AvgIpc) is 3.45. The van der Waals surface area contributed by atoms with Gasteiger partial charge in [-0.25, -0.2) is 0 Å². The van der Waals surface area contributed by atoms with Crippen LogP contribution in [0.3, 0.4) is 0 Å². The molecule has 1 aliphatic rings. The van der Waals surface area contributed by atoms with Gasteiger partial charge in [0.1, 0.15) is 0 Å².